The van der Waals surface area contributed by atoms with Crippen molar-refractivity contribution in [2.45, 2.75) is 93.4 Å². The fourth-order valence-electron chi connectivity index (χ4n) is 5.00. The van der Waals surface area contributed by atoms with Gasteiger partial charge in [0, 0.05) is 0 Å². The van der Waals surface area contributed by atoms with Gasteiger partial charge in [-0.15, -0.1) is 0 Å². The van der Waals surface area contributed by atoms with Crippen molar-refractivity contribution in [2.24, 2.45) is 53.3 Å². The van der Waals surface area contributed by atoms with Gasteiger partial charge in [0.2, 0.25) is 0 Å². The predicted octanol–water partition coefficient (Wildman–Crippen LogP) is 7.99. The van der Waals surface area contributed by atoms with Crippen molar-refractivity contribution in [3.8, 4) is 0 Å². The van der Waals surface area contributed by atoms with Crippen LogP contribution in [0.2, 0.25) is 0 Å². The van der Waals surface area contributed by atoms with E-state index in [-0.39, 0.29) is 0 Å². The molecule has 0 N–H and O–H groups in total. The SMILES string of the molecule is CCC(C)C(C)CC1C=CC1CC1CC1C(CC)CCC(C)C(C)C. The van der Waals surface area contributed by atoms with Gasteiger partial charge in [-0.05, 0) is 78.9 Å². The molecule has 2 rings (SSSR count). The lowest BCUT2D eigenvalue weighted by atomic mass is 9.72. The molecule has 0 saturated heterocycles. The fourth-order valence-corrected chi connectivity index (χ4v) is 5.00. The van der Waals surface area contributed by atoms with Crippen molar-refractivity contribution >= 4 is 0 Å². The van der Waals surface area contributed by atoms with Crippen LogP contribution in [0.5, 0.6) is 0 Å². The van der Waals surface area contributed by atoms with E-state index >= 15 is 0 Å². The second-order valence-electron chi connectivity index (χ2n) is 10.2. The van der Waals surface area contributed by atoms with Crippen LogP contribution >= 0.6 is 0 Å². The van der Waals surface area contributed by atoms with Gasteiger partial charge >= 0.3 is 0 Å². The molecule has 2 aliphatic rings. The molecule has 1 saturated carbocycles. The zero-order valence-electron chi connectivity index (χ0n) is 18.3. The molecule has 0 spiro atoms. The Hall–Kier alpha value is -0.260. The summed E-state index contributed by atoms with van der Waals surface area (Å²) in [6, 6.07) is 0. The highest BCUT2D eigenvalue weighted by atomic mass is 14.5. The first kappa shape index (κ1) is 21.0. The lowest BCUT2D eigenvalue weighted by molar-refractivity contribution is 0.253. The van der Waals surface area contributed by atoms with E-state index in [1.165, 1.54) is 44.9 Å². The van der Waals surface area contributed by atoms with Crippen LogP contribution in [0.1, 0.15) is 93.4 Å². The molecular formula is C25H46. The van der Waals surface area contributed by atoms with Crippen molar-refractivity contribution < 1.29 is 0 Å². The molecule has 0 amide bonds. The first-order chi connectivity index (χ1) is 11.9. The summed E-state index contributed by atoms with van der Waals surface area (Å²) in [5.41, 5.74) is 0. The van der Waals surface area contributed by atoms with E-state index < -0.39 is 0 Å². The van der Waals surface area contributed by atoms with Crippen LogP contribution in [-0.4, -0.2) is 0 Å². The van der Waals surface area contributed by atoms with Gasteiger partial charge in [-0.3, -0.25) is 0 Å². The Morgan fingerprint density at radius 1 is 0.800 bits per heavy atom. The molecule has 2 aliphatic carbocycles. The van der Waals surface area contributed by atoms with E-state index in [0.29, 0.717) is 0 Å². The van der Waals surface area contributed by atoms with E-state index in [2.05, 4.69) is 60.6 Å². The first-order valence-electron chi connectivity index (χ1n) is 11.6. The smallest absolute Gasteiger partial charge is 0.0168 e. The third-order valence-electron chi connectivity index (χ3n) is 8.23. The molecule has 25 heavy (non-hydrogen) atoms. The Labute approximate surface area is 159 Å². The van der Waals surface area contributed by atoms with Gasteiger partial charge in [0.1, 0.15) is 0 Å². The third kappa shape index (κ3) is 5.86. The molecule has 8 unspecified atom stereocenters. The van der Waals surface area contributed by atoms with E-state index in [9.17, 15) is 0 Å². The average molecular weight is 347 g/mol. The predicted molar refractivity (Wildman–Crippen MR) is 113 cm³/mol. The number of hydrogen-bond acceptors (Lipinski definition) is 0. The summed E-state index contributed by atoms with van der Waals surface area (Å²) >= 11 is 0. The standard InChI is InChI=1S/C25H46/c1-8-18(5)20(7)14-22-12-13-23(22)15-24-16-25(24)21(9-2)11-10-19(6)17(3)4/h12-13,17-25H,8-11,14-16H2,1-7H3. The minimum absolute atomic E-state index is 0.848. The zero-order valence-corrected chi connectivity index (χ0v) is 18.3. The maximum Gasteiger partial charge on any atom is -0.0168 e. The minimum atomic E-state index is 0.848. The molecule has 0 aromatic carbocycles. The minimum Gasteiger partial charge on any atom is -0.0845 e. The Morgan fingerprint density at radius 2 is 1.48 bits per heavy atom. The van der Waals surface area contributed by atoms with Gasteiger partial charge in [-0.2, -0.15) is 0 Å². The van der Waals surface area contributed by atoms with Crippen LogP contribution in [0.3, 0.4) is 0 Å². The lowest BCUT2D eigenvalue weighted by Gasteiger charge is -2.33. The Morgan fingerprint density at radius 3 is 2.00 bits per heavy atom. The lowest BCUT2D eigenvalue weighted by Crippen LogP contribution is -2.24. The highest BCUT2D eigenvalue weighted by Gasteiger charge is 2.44. The monoisotopic (exact) mass is 346 g/mol. The van der Waals surface area contributed by atoms with Gasteiger partial charge in [0.25, 0.3) is 0 Å². The van der Waals surface area contributed by atoms with E-state index in [4.69, 9.17) is 0 Å². The van der Waals surface area contributed by atoms with Crippen LogP contribution in [0, 0.1) is 53.3 Å². The second-order valence-corrected chi connectivity index (χ2v) is 10.2. The molecule has 8 atom stereocenters. The van der Waals surface area contributed by atoms with Crippen molar-refractivity contribution in [1.82, 2.24) is 0 Å². The van der Waals surface area contributed by atoms with Crippen LogP contribution in [0.4, 0.5) is 0 Å². The van der Waals surface area contributed by atoms with Crippen LogP contribution in [0.15, 0.2) is 12.2 Å². The topological polar surface area (TPSA) is 0 Å². The van der Waals surface area contributed by atoms with E-state index in [1.807, 2.05) is 0 Å². The van der Waals surface area contributed by atoms with E-state index in [1.54, 1.807) is 0 Å². The summed E-state index contributed by atoms with van der Waals surface area (Å²) in [4.78, 5) is 0. The Kier molecular flexibility index (Phi) is 8.09. The third-order valence-corrected chi connectivity index (χ3v) is 8.23. The molecule has 0 aliphatic heterocycles. The normalized spacial score (nSPS) is 33.0. The Balaban J connectivity index is 1.71. The molecule has 146 valence electrons. The van der Waals surface area contributed by atoms with E-state index in [0.717, 1.165) is 53.3 Å². The summed E-state index contributed by atoms with van der Waals surface area (Å²) in [5, 5.41) is 0. The molecular weight excluding hydrogens is 300 g/mol. The highest BCUT2D eigenvalue weighted by Crippen LogP contribution is 2.53. The van der Waals surface area contributed by atoms with Crippen molar-refractivity contribution in [3.05, 3.63) is 12.2 Å². The van der Waals surface area contributed by atoms with Gasteiger partial charge in [0.15, 0.2) is 0 Å². The largest absolute Gasteiger partial charge is 0.0845 e. The first-order valence-corrected chi connectivity index (χ1v) is 11.6. The van der Waals surface area contributed by atoms with Gasteiger partial charge in [-0.1, -0.05) is 79.9 Å². The number of allylic oxidation sites excluding steroid dienone is 2. The van der Waals surface area contributed by atoms with Crippen molar-refractivity contribution in [2.75, 3.05) is 0 Å². The molecule has 0 aromatic rings. The maximum atomic E-state index is 2.53. The zero-order chi connectivity index (χ0) is 18.6. The quantitative estimate of drug-likeness (QED) is 0.314. The highest BCUT2D eigenvalue weighted by molar-refractivity contribution is 5.11. The summed E-state index contributed by atoms with van der Waals surface area (Å²) in [6.07, 6.45) is 15.2. The van der Waals surface area contributed by atoms with Crippen molar-refractivity contribution in [1.29, 1.82) is 0 Å². The molecule has 0 bridgehead atoms. The van der Waals surface area contributed by atoms with Gasteiger partial charge < -0.3 is 0 Å². The molecule has 0 heteroatoms. The van der Waals surface area contributed by atoms with Crippen LogP contribution < -0.4 is 0 Å². The Bertz CT molecular complexity index is 406. The van der Waals surface area contributed by atoms with Gasteiger partial charge in [0.05, 0.1) is 0 Å². The summed E-state index contributed by atoms with van der Waals surface area (Å²) in [6.45, 7) is 16.9. The summed E-state index contributed by atoms with van der Waals surface area (Å²) in [5.74, 6) is 8.44. The van der Waals surface area contributed by atoms with Gasteiger partial charge in [-0.25, -0.2) is 0 Å². The fraction of sp³-hybridized carbons (Fsp3) is 0.920. The average Bonchev–Trinajstić information content (AvgIpc) is 3.35. The van der Waals surface area contributed by atoms with Crippen LogP contribution in [0.25, 0.3) is 0 Å². The molecule has 0 heterocycles. The molecule has 1 fully saturated rings. The molecule has 0 aromatic heterocycles. The number of hydrogen-bond donors (Lipinski definition) is 0. The van der Waals surface area contributed by atoms with Crippen molar-refractivity contribution in [3.63, 3.8) is 0 Å². The maximum absolute atomic E-state index is 2.53. The number of rotatable bonds is 12. The molecule has 0 radical (unpaired) electrons. The summed E-state index contributed by atoms with van der Waals surface area (Å²) < 4.78 is 0. The summed E-state index contributed by atoms with van der Waals surface area (Å²) in [7, 11) is 0. The second kappa shape index (κ2) is 9.61. The van der Waals surface area contributed by atoms with Crippen LogP contribution in [-0.2, 0) is 0 Å². The molecule has 0 nitrogen and oxygen atoms in total.